The minimum absolute atomic E-state index is 0.0381. The van der Waals surface area contributed by atoms with Crippen LogP contribution < -0.4 is 14.8 Å². The zero-order chi connectivity index (χ0) is 24.3. The number of carbonyl (C=O) groups is 1. The lowest BCUT2D eigenvalue weighted by Gasteiger charge is -2.31. The molecule has 0 unspecified atom stereocenters. The molecule has 1 atom stereocenters. The van der Waals surface area contributed by atoms with Gasteiger partial charge in [0.25, 0.3) is 0 Å². The third kappa shape index (κ3) is 4.88. The summed E-state index contributed by atoms with van der Waals surface area (Å²) in [5, 5.41) is 5.40. The fourth-order valence-electron chi connectivity index (χ4n) is 4.38. The van der Waals surface area contributed by atoms with E-state index in [-0.39, 0.29) is 22.8 Å². The molecule has 0 aliphatic carbocycles. The van der Waals surface area contributed by atoms with Crippen LogP contribution >= 0.6 is 0 Å². The van der Waals surface area contributed by atoms with Crippen LogP contribution in [-0.2, 0) is 14.8 Å². The van der Waals surface area contributed by atoms with Gasteiger partial charge >= 0.3 is 0 Å². The second-order valence-corrected chi connectivity index (χ2v) is 10.5. The van der Waals surface area contributed by atoms with Gasteiger partial charge in [0.15, 0.2) is 11.5 Å². The Balaban J connectivity index is 1.38. The fraction of sp³-hybridized carbons (Fsp3) is 0.346. The normalized spacial score (nSPS) is 16.2. The van der Waals surface area contributed by atoms with Gasteiger partial charge < -0.3 is 14.8 Å². The molecule has 0 saturated carbocycles. The average molecular weight is 483 g/mol. The van der Waals surface area contributed by atoms with Crippen molar-refractivity contribution in [1.82, 2.24) is 9.62 Å². The summed E-state index contributed by atoms with van der Waals surface area (Å²) in [6.07, 6.45) is 0.950. The number of hydrogen-bond donors (Lipinski definition) is 1. The average Bonchev–Trinajstić information content (AvgIpc) is 2.87. The van der Waals surface area contributed by atoms with E-state index in [1.165, 1.54) is 30.7 Å². The van der Waals surface area contributed by atoms with Crippen LogP contribution in [0.15, 0.2) is 65.6 Å². The highest BCUT2D eigenvalue weighted by Crippen LogP contribution is 2.32. The summed E-state index contributed by atoms with van der Waals surface area (Å²) >= 11 is 0. The molecule has 34 heavy (non-hydrogen) atoms. The SMILES string of the molecule is COc1ccc(S(=O)(=O)N2CCC(C(=O)N[C@@H](C)c3ccc4ccccc4c3)CC2)cc1OC. The maximum atomic E-state index is 13.1. The first-order chi connectivity index (χ1) is 16.3. The van der Waals surface area contributed by atoms with Gasteiger partial charge in [0, 0.05) is 25.1 Å². The number of piperidine rings is 1. The molecule has 0 bridgehead atoms. The standard InChI is InChI=1S/C26H30N2O5S/c1-18(21-9-8-19-6-4-5-7-22(19)16-21)27-26(29)20-12-14-28(15-13-20)34(30,31)23-10-11-24(32-2)25(17-23)33-3/h4-11,16-18,20H,12-15H2,1-3H3,(H,27,29)/t18-/m0/s1. The van der Waals surface area contributed by atoms with Crippen LogP contribution in [0.4, 0.5) is 0 Å². The van der Waals surface area contributed by atoms with Crippen LogP contribution in [0.5, 0.6) is 11.5 Å². The van der Waals surface area contributed by atoms with Crippen LogP contribution in [0.25, 0.3) is 10.8 Å². The molecule has 0 aromatic heterocycles. The number of nitrogens with zero attached hydrogens (tertiary/aromatic N) is 1. The lowest BCUT2D eigenvalue weighted by molar-refractivity contribution is -0.126. The third-order valence-electron chi connectivity index (χ3n) is 6.45. The molecule has 0 radical (unpaired) electrons. The molecule has 3 aromatic rings. The van der Waals surface area contributed by atoms with E-state index in [4.69, 9.17) is 9.47 Å². The number of carbonyl (C=O) groups excluding carboxylic acids is 1. The highest BCUT2D eigenvalue weighted by molar-refractivity contribution is 7.89. The fourth-order valence-corrected chi connectivity index (χ4v) is 5.86. The first kappa shape index (κ1) is 24.0. The van der Waals surface area contributed by atoms with E-state index in [2.05, 4.69) is 29.6 Å². The summed E-state index contributed by atoms with van der Waals surface area (Å²) in [5.41, 5.74) is 1.04. The van der Waals surface area contributed by atoms with Crippen LogP contribution in [0.1, 0.15) is 31.4 Å². The number of fused-ring (bicyclic) bond motifs is 1. The van der Waals surface area contributed by atoms with E-state index in [0.29, 0.717) is 37.4 Å². The molecule has 3 aromatic carbocycles. The van der Waals surface area contributed by atoms with E-state index in [1.54, 1.807) is 6.07 Å². The summed E-state index contributed by atoms with van der Waals surface area (Å²) < 4.78 is 38.1. The van der Waals surface area contributed by atoms with Crippen molar-refractivity contribution in [3.05, 3.63) is 66.2 Å². The number of methoxy groups -OCH3 is 2. The van der Waals surface area contributed by atoms with Crippen molar-refractivity contribution in [3.63, 3.8) is 0 Å². The largest absolute Gasteiger partial charge is 0.493 e. The van der Waals surface area contributed by atoms with Crippen molar-refractivity contribution < 1.29 is 22.7 Å². The second-order valence-electron chi connectivity index (χ2n) is 8.53. The Hall–Kier alpha value is -3.10. The molecule has 7 nitrogen and oxygen atoms in total. The van der Waals surface area contributed by atoms with Crippen LogP contribution in [-0.4, -0.2) is 45.9 Å². The number of nitrogens with one attached hydrogen (secondary N) is 1. The minimum atomic E-state index is -3.69. The zero-order valence-electron chi connectivity index (χ0n) is 19.7. The monoisotopic (exact) mass is 482 g/mol. The van der Waals surface area contributed by atoms with Gasteiger partial charge in [-0.2, -0.15) is 4.31 Å². The smallest absolute Gasteiger partial charge is 0.243 e. The highest BCUT2D eigenvalue weighted by atomic mass is 32.2. The Kier molecular flexibility index (Phi) is 7.09. The minimum Gasteiger partial charge on any atom is -0.493 e. The van der Waals surface area contributed by atoms with Gasteiger partial charge in [0.1, 0.15) is 0 Å². The molecule has 0 spiro atoms. The van der Waals surface area contributed by atoms with Gasteiger partial charge in [-0.1, -0.05) is 36.4 Å². The lowest BCUT2D eigenvalue weighted by Crippen LogP contribution is -2.43. The number of ether oxygens (including phenoxy) is 2. The van der Waals surface area contributed by atoms with E-state index in [9.17, 15) is 13.2 Å². The predicted octanol–water partition coefficient (Wildman–Crippen LogP) is 4.14. The third-order valence-corrected chi connectivity index (χ3v) is 8.34. The van der Waals surface area contributed by atoms with Crippen molar-refractivity contribution in [1.29, 1.82) is 0 Å². The molecule has 1 fully saturated rings. The number of sulfonamides is 1. The quantitative estimate of drug-likeness (QED) is 0.547. The lowest BCUT2D eigenvalue weighted by atomic mass is 9.96. The molecule has 1 saturated heterocycles. The molecule has 1 heterocycles. The van der Waals surface area contributed by atoms with Gasteiger partial charge in [-0.05, 0) is 54.3 Å². The van der Waals surface area contributed by atoms with Crippen molar-refractivity contribution >= 4 is 26.7 Å². The van der Waals surface area contributed by atoms with Crippen molar-refractivity contribution in [3.8, 4) is 11.5 Å². The number of benzene rings is 3. The van der Waals surface area contributed by atoms with Crippen LogP contribution in [0.2, 0.25) is 0 Å². The van der Waals surface area contributed by atoms with E-state index < -0.39 is 10.0 Å². The zero-order valence-corrected chi connectivity index (χ0v) is 20.5. The number of amides is 1. The molecule has 1 N–H and O–H groups in total. The van der Waals surface area contributed by atoms with Gasteiger partial charge in [-0.15, -0.1) is 0 Å². The predicted molar refractivity (Wildman–Crippen MR) is 132 cm³/mol. The summed E-state index contributed by atoms with van der Waals surface area (Å²) in [7, 11) is -0.717. The summed E-state index contributed by atoms with van der Waals surface area (Å²) in [5.74, 6) is 0.571. The van der Waals surface area contributed by atoms with Crippen LogP contribution in [0, 0.1) is 5.92 Å². The second kappa shape index (κ2) is 10.0. The molecule has 1 amide bonds. The molecule has 1 aliphatic rings. The first-order valence-corrected chi connectivity index (χ1v) is 12.8. The molecule has 180 valence electrons. The first-order valence-electron chi connectivity index (χ1n) is 11.3. The van der Waals surface area contributed by atoms with Crippen molar-refractivity contribution in [2.24, 2.45) is 5.92 Å². The Morgan fingerprint density at radius 1 is 0.941 bits per heavy atom. The Morgan fingerprint density at radius 2 is 1.62 bits per heavy atom. The van der Waals surface area contributed by atoms with E-state index >= 15 is 0 Å². The van der Waals surface area contributed by atoms with Crippen molar-refractivity contribution in [2.45, 2.75) is 30.7 Å². The van der Waals surface area contributed by atoms with Gasteiger partial charge in [-0.25, -0.2) is 8.42 Å². The maximum Gasteiger partial charge on any atom is 0.243 e. The maximum absolute atomic E-state index is 13.1. The molecule has 1 aliphatic heterocycles. The summed E-state index contributed by atoms with van der Waals surface area (Å²) in [6.45, 7) is 2.55. The van der Waals surface area contributed by atoms with Crippen molar-refractivity contribution in [2.75, 3.05) is 27.3 Å². The molecule has 8 heteroatoms. The van der Waals surface area contributed by atoms with Gasteiger partial charge in [0.2, 0.25) is 15.9 Å². The van der Waals surface area contributed by atoms with E-state index in [1.807, 2.05) is 25.1 Å². The Bertz CT molecular complexity index is 1280. The molecular weight excluding hydrogens is 452 g/mol. The molecular formula is C26H30N2O5S. The molecule has 4 rings (SSSR count). The topological polar surface area (TPSA) is 84.9 Å². The number of hydrogen-bond acceptors (Lipinski definition) is 5. The highest BCUT2D eigenvalue weighted by Gasteiger charge is 2.33. The van der Waals surface area contributed by atoms with Gasteiger partial charge in [-0.3, -0.25) is 4.79 Å². The van der Waals surface area contributed by atoms with Gasteiger partial charge in [0.05, 0.1) is 25.2 Å². The number of rotatable bonds is 7. The summed E-state index contributed by atoms with van der Waals surface area (Å²) in [6, 6.07) is 18.7. The van der Waals surface area contributed by atoms with E-state index in [0.717, 1.165) is 16.3 Å². The summed E-state index contributed by atoms with van der Waals surface area (Å²) in [4.78, 5) is 13.1. The Morgan fingerprint density at radius 3 is 2.29 bits per heavy atom. The Labute approximate surface area is 200 Å². The van der Waals surface area contributed by atoms with Crippen LogP contribution in [0.3, 0.4) is 0 Å².